The quantitative estimate of drug-likeness (QED) is 0.208. The Morgan fingerprint density at radius 1 is 1.21 bits per heavy atom. The molecular weight excluding hydrogens is 520 g/mol. The summed E-state index contributed by atoms with van der Waals surface area (Å²) in [6, 6.07) is 6.06. The minimum Gasteiger partial charge on any atom is -0.465 e. The van der Waals surface area contributed by atoms with Crippen LogP contribution in [0.15, 0.2) is 49.6 Å². The Kier molecular flexibility index (Phi) is 9.19. The van der Waals surface area contributed by atoms with Crippen LogP contribution in [-0.4, -0.2) is 71.3 Å². The third-order valence-electron chi connectivity index (χ3n) is 8.51. The SMILES string of the molecule is C=CCCOC(=O)[C@@H]1[C@H]2C(=O)N(CCCCCO)C(C(=O)N(CC=C)c3ccc(Cl)cc3)C23CC[C@@]1(CC)O3. The average molecular weight is 559 g/mol. The van der Waals surface area contributed by atoms with Crippen LogP contribution >= 0.6 is 11.6 Å². The van der Waals surface area contributed by atoms with Crippen molar-refractivity contribution in [3.63, 3.8) is 0 Å². The molecule has 5 atom stereocenters. The Balaban J connectivity index is 1.75. The van der Waals surface area contributed by atoms with Gasteiger partial charge in [0.25, 0.3) is 5.91 Å². The summed E-state index contributed by atoms with van der Waals surface area (Å²) in [6.07, 6.45) is 7.37. The highest BCUT2D eigenvalue weighted by Gasteiger charge is 2.79. The van der Waals surface area contributed by atoms with E-state index in [0.717, 1.165) is 0 Å². The molecule has 3 heterocycles. The molecule has 3 fully saturated rings. The number of hydrogen-bond donors (Lipinski definition) is 1. The normalized spacial score (nSPS) is 28.8. The molecule has 2 unspecified atom stereocenters. The Bertz CT molecular complexity index is 1090. The maximum Gasteiger partial charge on any atom is 0.312 e. The number of fused-ring (bicyclic) bond motifs is 1. The van der Waals surface area contributed by atoms with Gasteiger partial charge >= 0.3 is 5.97 Å². The van der Waals surface area contributed by atoms with E-state index in [-0.39, 0.29) is 31.6 Å². The third-order valence-corrected chi connectivity index (χ3v) is 8.76. The van der Waals surface area contributed by atoms with E-state index in [1.165, 1.54) is 0 Å². The van der Waals surface area contributed by atoms with Crippen LogP contribution in [0.5, 0.6) is 0 Å². The van der Waals surface area contributed by atoms with Gasteiger partial charge in [-0.2, -0.15) is 0 Å². The Morgan fingerprint density at radius 3 is 2.59 bits per heavy atom. The zero-order valence-electron chi connectivity index (χ0n) is 22.6. The fraction of sp³-hybridized carbons (Fsp3) is 0.567. The van der Waals surface area contributed by atoms with Crippen molar-refractivity contribution >= 4 is 35.1 Å². The summed E-state index contributed by atoms with van der Waals surface area (Å²) < 4.78 is 12.4. The fourth-order valence-corrected chi connectivity index (χ4v) is 6.85. The summed E-state index contributed by atoms with van der Waals surface area (Å²) in [5, 5.41) is 9.79. The number of ether oxygens (including phenoxy) is 2. The molecule has 1 aromatic rings. The topological polar surface area (TPSA) is 96.4 Å². The molecule has 0 aromatic heterocycles. The van der Waals surface area contributed by atoms with Crippen molar-refractivity contribution in [1.29, 1.82) is 0 Å². The maximum absolute atomic E-state index is 14.5. The number of anilines is 1. The molecular formula is C30H39ClN2O6. The lowest BCUT2D eigenvalue weighted by Crippen LogP contribution is -2.56. The van der Waals surface area contributed by atoms with E-state index < -0.39 is 35.0 Å². The largest absolute Gasteiger partial charge is 0.465 e. The van der Waals surface area contributed by atoms with Crippen LogP contribution in [0.2, 0.25) is 5.02 Å². The fourth-order valence-electron chi connectivity index (χ4n) is 6.72. The van der Waals surface area contributed by atoms with Crippen molar-refractivity contribution in [3.8, 4) is 0 Å². The Morgan fingerprint density at radius 2 is 1.95 bits per heavy atom. The number of carbonyl (C=O) groups is 3. The number of esters is 1. The highest BCUT2D eigenvalue weighted by Crippen LogP contribution is 2.64. The number of aliphatic hydroxyl groups is 1. The lowest BCUT2D eigenvalue weighted by molar-refractivity contribution is -0.160. The van der Waals surface area contributed by atoms with E-state index in [9.17, 15) is 19.5 Å². The second-order valence-corrected chi connectivity index (χ2v) is 11.0. The monoisotopic (exact) mass is 558 g/mol. The average Bonchev–Trinajstić information content (AvgIpc) is 3.54. The molecule has 212 valence electrons. The smallest absolute Gasteiger partial charge is 0.312 e. The van der Waals surface area contributed by atoms with Gasteiger partial charge in [-0.05, 0) is 69.2 Å². The number of aliphatic hydroxyl groups excluding tert-OH is 1. The third kappa shape index (κ3) is 5.14. The van der Waals surface area contributed by atoms with Gasteiger partial charge < -0.3 is 24.4 Å². The summed E-state index contributed by atoms with van der Waals surface area (Å²) >= 11 is 6.11. The first-order valence-corrected chi connectivity index (χ1v) is 14.2. The van der Waals surface area contributed by atoms with Crippen molar-refractivity contribution in [2.75, 3.05) is 31.2 Å². The molecule has 4 rings (SSSR count). The van der Waals surface area contributed by atoms with E-state index in [0.29, 0.717) is 62.2 Å². The first-order chi connectivity index (χ1) is 18.8. The Labute approximate surface area is 235 Å². The van der Waals surface area contributed by atoms with Crippen molar-refractivity contribution in [1.82, 2.24) is 4.90 Å². The highest BCUT2D eigenvalue weighted by atomic mass is 35.5. The van der Waals surface area contributed by atoms with Crippen LogP contribution < -0.4 is 4.90 Å². The number of likely N-dealkylation sites (tertiary alicyclic amines) is 1. The van der Waals surface area contributed by atoms with Gasteiger partial charge in [0.15, 0.2) is 0 Å². The summed E-state index contributed by atoms with van der Waals surface area (Å²) in [7, 11) is 0. The lowest BCUT2D eigenvalue weighted by atomic mass is 9.65. The first-order valence-electron chi connectivity index (χ1n) is 13.9. The molecule has 0 radical (unpaired) electrons. The van der Waals surface area contributed by atoms with Crippen molar-refractivity contribution in [3.05, 3.63) is 54.6 Å². The lowest BCUT2D eigenvalue weighted by Gasteiger charge is -2.37. The van der Waals surface area contributed by atoms with Crippen LogP contribution in [0.3, 0.4) is 0 Å². The molecule has 9 heteroatoms. The molecule has 1 N–H and O–H groups in total. The summed E-state index contributed by atoms with van der Waals surface area (Å²) in [5.41, 5.74) is -1.35. The summed E-state index contributed by atoms with van der Waals surface area (Å²) in [5.74, 6) is -2.55. The molecule has 2 bridgehead atoms. The van der Waals surface area contributed by atoms with Crippen LogP contribution in [0.4, 0.5) is 5.69 Å². The number of rotatable bonds is 14. The van der Waals surface area contributed by atoms with E-state index in [1.807, 2.05) is 6.92 Å². The van der Waals surface area contributed by atoms with Crippen LogP contribution in [0.25, 0.3) is 0 Å². The summed E-state index contributed by atoms with van der Waals surface area (Å²) in [6.45, 7) is 10.3. The zero-order valence-corrected chi connectivity index (χ0v) is 23.4. The molecule has 3 saturated heterocycles. The number of hydrogen-bond acceptors (Lipinski definition) is 6. The van der Waals surface area contributed by atoms with Crippen LogP contribution in [0, 0.1) is 11.8 Å². The molecule has 39 heavy (non-hydrogen) atoms. The maximum atomic E-state index is 14.5. The minimum absolute atomic E-state index is 0.0628. The van der Waals surface area contributed by atoms with Gasteiger partial charge in [0, 0.05) is 30.4 Å². The second kappa shape index (κ2) is 12.2. The van der Waals surface area contributed by atoms with Crippen molar-refractivity contribution in [2.45, 2.75) is 69.1 Å². The second-order valence-electron chi connectivity index (χ2n) is 10.6. The van der Waals surface area contributed by atoms with Crippen LogP contribution in [-0.2, 0) is 23.9 Å². The number of unbranched alkanes of at least 4 members (excludes halogenated alkanes) is 2. The van der Waals surface area contributed by atoms with Crippen LogP contribution in [0.1, 0.15) is 51.9 Å². The van der Waals surface area contributed by atoms with Gasteiger partial charge in [0.1, 0.15) is 17.6 Å². The van der Waals surface area contributed by atoms with E-state index in [2.05, 4.69) is 13.2 Å². The number of carbonyl (C=O) groups excluding carboxylic acids is 3. The van der Waals surface area contributed by atoms with Gasteiger partial charge in [-0.1, -0.05) is 30.7 Å². The van der Waals surface area contributed by atoms with Gasteiger partial charge in [0.2, 0.25) is 5.91 Å². The molecule has 3 aliphatic rings. The Hall–Kier alpha value is -2.68. The summed E-state index contributed by atoms with van der Waals surface area (Å²) in [4.78, 5) is 45.3. The molecule has 3 aliphatic heterocycles. The van der Waals surface area contributed by atoms with Gasteiger partial charge in [-0.25, -0.2) is 0 Å². The zero-order chi connectivity index (χ0) is 28.2. The molecule has 0 saturated carbocycles. The highest BCUT2D eigenvalue weighted by molar-refractivity contribution is 6.30. The predicted octanol–water partition coefficient (Wildman–Crippen LogP) is 4.30. The molecule has 8 nitrogen and oxygen atoms in total. The number of nitrogens with zero attached hydrogens (tertiary/aromatic N) is 2. The van der Waals surface area contributed by atoms with Crippen molar-refractivity contribution in [2.24, 2.45) is 11.8 Å². The standard InChI is InChI=1S/C30H39ClN2O6/c1-4-7-20-38-28(37)24-23-26(35)33(18-9-8-10-19-34)25(30(23)16-15-29(24,6-3)39-30)27(36)32(17-5-2)22-13-11-21(31)12-14-22/h4-5,11-14,23-25,34H,1-2,6-10,15-20H2,3H3/t23-,24-,25?,29+,30?/m0/s1. The molecule has 2 amide bonds. The van der Waals surface area contributed by atoms with E-state index in [4.69, 9.17) is 21.1 Å². The van der Waals surface area contributed by atoms with E-state index in [1.54, 1.807) is 46.2 Å². The molecule has 1 spiro atoms. The number of benzene rings is 1. The number of halogens is 1. The first kappa shape index (κ1) is 29.3. The van der Waals surface area contributed by atoms with Crippen molar-refractivity contribution < 1.29 is 29.0 Å². The molecule has 0 aliphatic carbocycles. The van der Waals surface area contributed by atoms with Gasteiger partial charge in [0.05, 0.1) is 18.1 Å². The van der Waals surface area contributed by atoms with Gasteiger partial charge in [-0.15, -0.1) is 13.2 Å². The predicted molar refractivity (Wildman–Crippen MR) is 149 cm³/mol. The minimum atomic E-state index is -1.13. The molecule has 1 aromatic carbocycles. The van der Waals surface area contributed by atoms with E-state index >= 15 is 0 Å². The number of amides is 2. The van der Waals surface area contributed by atoms with Gasteiger partial charge in [-0.3, -0.25) is 14.4 Å².